The zero-order chi connectivity index (χ0) is 28.3. The van der Waals surface area contributed by atoms with Gasteiger partial charge in [0.25, 0.3) is 17.2 Å². The molecule has 1 aromatic heterocycles. The third kappa shape index (κ3) is 5.54. The van der Waals surface area contributed by atoms with Gasteiger partial charge in [0, 0.05) is 16.8 Å². The van der Waals surface area contributed by atoms with Crippen LogP contribution in [0.2, 0.25) is 0 Å². The number of anilines is 1. The molecule has 0 radical (unpaired) electrons. The van der Waals surface area contributed by atoms with Crippen LogP contribution in [0.1, 0.15) is 38.7 Å². The van der Waals surface area contributed by atoms with Gasteiger partial charge in [0.15, 0.2) is 5.78 Å². The molecule has 0 saturated carbocycles. The number of aromatic amines is 1. The van der Waals surface area contributed by atoms with Crippen LogP contribution >= 0.6 is 0 Å². The van der Waals surface area contributed by atoms with Gasteiger partial charge in [-0.25, -0.2) is 9.78 Å². The number of fused-ring (bicyclic) bond motifs is 1. The molecule has 0 aliphatic heterocycles. The molecule has 3 aromatic carbocycles. The van der Waals surface area contributed by atoms with Crippen molar-refractivity contribution in [1.82, 2.24) is 9.97 Å². The Bertz CT molecular complexity index is 1710. The number of carbonyl (C=O) groups excluding carboxylic acids is 5. The van der Waals surface area contributed by atoms with Gasteiger partial charge in [0.2, 0.25) is 5.78 Å². The van der Waals surface area contributed by atoms with Gasteiger partial charge < -0.3 is 15.0 Å². The number of aromatic nitrogens is 2. The lowest BCUT2D eigenvalue weighted by molar-refractivity contribution is -0.154. The van der Waals surface area contributed by atoms with Crippen LogP contribution in [0.15, 0.2) is 71.5 Å². The Hall–Kier alpha value is -5.25. The molecule has 0 spiro atoms. The zero-order valence-corrected chi connectivity index (χ0v) is 21.2. The van der Waals surface area contributed by atoms with Crippen LogP contribution < -0.4 is 10.9 Å². The number of aryl methyl sites for hydroxylation is 2. The fourth-order valence-corrected chi connectivity index (χ4v) is 3.97. The molecule has 196 valence electrons. The molecule has 0 saturated heterocycles. The van der Waals surface area contributed by atoms with Crippen molar-refractivity contribution in [3.8, 4) is 0 Å². The van der Waals surface area contributed by atoms with Crippen LogP contribution in [0.25, 0.3) is 11.0 Å². The van der Waals surface area contributed by atoms with Crippen LogP contribution in [0.4, 0.5) is 5.69 Å². The number of benzene rings is 3. The predicted molar refractivity (Wildman–Crippen MR) is 142 cm³/mol. The summed E-state index contributed by atoms with van der Waals surface area (Å²) in [5.74, 6) is -7.86. The number of hydrogen-bond acceptors (Lipinski definition) is 8. The van der Waals surface area contributed by atoms with Crippen molar-refractivity contribution in [2.24, 2.45) is 0 Å². The summed E-state index contributed by atoms with van der Waals surface area (Å²) in [4.78, 5) is 83.6. The molecule has 4 aromatic rings. The van der Waals surface area contributed by atoms with Gasteiger partial charge in [-0.3, -0.25) is 24.0 Å². The van der Waals surface area contributed by atoms with Crippen LogP contribution in [0, 0.1) is 13.8 Å². The molecule has 2 N–H and O–H groups in total. The summed E-state index contributed by atoms with van der Waals surface area (Å²) in [6, 6.07) is 18.0. The average Bonchev–Trinajstić information content (AvgIpc) is 2.94. The Morgan fingerprint density at radius 2 is 1.59 bits per heavy atom. The van der Waals surface area contributed by atoms with Crippen LogP contribution in [-0.2, 0) is 23.9 Å². The number of ether oxygens (including phenoxy) is 1. The number of methoxy groups -OCH3 is 1. The van der Waals surface area contributed by atoms with E-state index in [1.54, 1.807) is 56.3 Å². The first-order chi connectivity index (χ1) is 18.6. The molecule has 1 heterocycles. The van der Waals surface area contributed by atoms with Crippen molar-refractivity contribution in [1.29, 1.82) is 0 Å². The Morgan fingerprint density at radius 3 is 2.28 bits per heavy atom. The number of rotatable bonds is 8. The molecule has 10 nitrogen and oxygen atoms in total. The predicted octanol–water partition coefficient (Wildman–Crippen LogP) is 2.80. The highest BCUT2D eigenvalue weighted by atomic mass is 16.5. The quantitative estimate of drug-likeness (QED) is 0.154. The summed E-state index contributed by atoms with van der Waals surface area (Å²) in [6.45, 7) is 3.50. The molecular weight excluding hydrogens is 502 g/mol. The van der Waals surface area contributed by atoms with Crippen molar-refractivity contribution >= 4 is 45.9 Å². The topological polar surface area (TPSA) is 152 Å². The summed E-state index contributed by atoms with van der Waals surface area (Å²) in [6.07, 6.45) is 0. The minimum Gasteiger partial charge on any atom is -0.463 e. The van der Waals surface area contributed by atoms with E-state index in [4.69, 9.17) is 0 Å². The summed E-state index contributed by atoms with van der Waals surface area (Å²) in [5.41, 5.74) is 1.14. The second-order valence-electron chi connectivity index (χ2n) is 8.80. The van der Waals surface area contributed by atoms with Gasteiger partial charge >= 0.3 is 5.97 Å². The Labute approximate surface area is 222 Å². The second kappa shape index (κ2) is 11.0. The molecular formula is C29H23N3O7. The van der Waals surface area contributed by atoms with Crippen molar-refractivity contribution in [2.45, 2.75) is 19.8 Å². The SMILES string of the molecule is COC(=O)C(=O)[C@H](C(=O)C(=O)Nc1cc(C)ccc1C)c1nc2ccc(C(=O)c3ccccc3)cc2[nH]c1=O. The highest BCUT2D eigenvalue weighted by Gasteiger charge is 2.40. The maximum atomic E-state index is 13.2. The molecule has 10 heteroatoms. The van der Waals surface area contributed by atoms with Gasteiger partial charge in [-0.2, -0.15) is 0 Å². The Balaban J connectivity index is 1.74. The Morgan fingerprint density at radius 1 is 0.872 bits per heavy atom. The fourth-order valence-electron chi connectivity index (χ4n) is 3.97. The van der Waals surface area contributed by atoms with E-state index >= 15 is 0 Å². The minimum absolute atomic E-state index is 0.125. The van der Waals surface area contributed by atoms with E-state index < -0.39 is 40.6 Å². The molecule has 1 atom stereocenters. The number of nitrogens with one attached hydrogen (secondary N) is 2. The third-order valence-electron chi connectivity index (χ3n) is 6.07. The van der Waals surface area contributed by atoms with Crippen molar-refractivity contribution in [3.63, 3.8) is 0 Å². The number of Topliss-reactive ketones (excluding diaryl/α,β-unsaturated/α-hetero) is 2. The molecule has 0 aliphatic carbocycles. The first kappa shape index (κ1) is 26.8. The van der Waals surface area contributed by atoms with E-state index in [1.165, 1.54) is 18.2 Å². The lowest BCUT2D eigenvalue weighted by atomic mass is 9.94. The summed E-state index contributed by atoms with van der Waals surface area (Å²) in [7, 11) is 0.932. The summed E-state index contributed by atoms with van der Waals surface area (Å²) in [5, 5.41) is 2.43. The van der Waals surface area contributed by atoms with Gasteiger partial charge in [0.05, 0.1) is 18.1 Å². The molecule has 39 heavy (non-hydrogen) atoms. The first-order valence-corrected chi connectivity index (χ1v) is 11.8. The van der Waals surface area contributed by atoms with E-state index in [2.05, 4.69) is 20.0 Å². The number of esters is 1. The molecule has 0 unspecified atom stereocenters. The number of amides is 1. The molecule has 4 rings (SSSR count). The van der Waals surface area contributed by atoms with E-state index in [0.29, 0.717) is 16.8 Å². The van der Waals surface area contributed by atoms with Gasteiger partial charge in [0.1, 0.15) is 11.6 Å². The van der Waals surface area contributed by atoms with Crippen molar-refractivity contribution in [2.75, 3.05) is 12.4 Å². The van der Waals surface area contributed by atoms with Crippen LogP contribution in [0.3, 0.4) is 0 Å². The largest absolute Gasteiger partial charge is 0.463 e. The number of H-pyrrole nitrogens is 1. The number of nitrogens with zero attached hydrogens (tertiary/aromatic N) is 1. The molecule has 0 aliphatic rings. The zero-order valence-electron chi connectivity index (χ0n) is 21.2. The number of carbonyl (C=O) groups is 5. The van der Waals surface area contributed by atoms with Crippen molar-refractivity contribution < 1.29 is 28.7 Å². The fraction of sp³-hybridized carbons (Fsp3) is 0.138. The average molecular weight is 526 g/mol. The maximum absolute atomic E-state index is 13.2. The third-order valence-corrected chi connectivity index (χ3v) is 6.07. The van der Waals surface area contributed by atoms with Gasteiger partial charge in [-0.15, -0.1) is 0 Å². The normalized spacial score (nSPS) is 11.5. The molecule has 0 bridgehead atoms. The van der Waals surface area contributed by atoms with E-state index in [9.17, 15) is 28.8 Å². The number of hydrogen-bond donors (Lipinski definition) is 2. The Kier molecular flexibility index (Phi) is 7.57. The first-order valence-electron chi connectivity index (χ1n) is 11.8. The highest BCUT2D eigenvalue weighted by Crippen LogP contribution is 2.21. The second-order valence-corrected chi connectivity index (χ2v) is 8.80. The summed E-state index contributed by atoms with van der Waals surface area (Å²) >= 11 is 0. The van der Waals surface area contributed by atoms with Crippen molar-refractivity contribution in [3.05, 3.63) is 105 Å². The summed E-state index contributed by atoms with van der Waals surface area (Å²) < 4.78 is 4.46. The lowest BCUT2D eigenvalue weighted by Gasteiger charge is -2.14. The van der Waals surface area contributed by atoms with Gasteiger partial charge in [-0.1, -0.05) is 42.5 Å². The van der Waals surface area contributed by atoms with E-state index in [0.717, 1.165) is 12.7 Å². The molecule has 0 fully saturated rings. The monoisotopic (exact) mass is 525 g/mol. The van der Waals surface area contributed by atoms with Crippen LogP contribution in [0.5, 0.6) is 0 Å². The standard InChI is InChI=1S/C29H23N3O7/c1-15-9-10-16(2)20(13-15)31-28(37)25(34)22(26(35)29(38)39-3)23-27(36)32-21-14-18(11-12-19(21)30-23)24(33)17-7-5-4-6-8-17/h4-14,22H,1-3H3,(H,31,37)(H,32,36)/t22-/m0/s1. The van der Waals surface area contributed by atoms with Gasteiger partial charge in [-0.05, 0) is 49.2 Å². The lowest BCUT2D eigenvalue weighted by Crippen LogP contribution is -2.39. The van der Waals surface area contributed by atoms with E-state index in [-0.39, 0.29) is 22.4 Å². The highest BCUT2D eigenvalue weighted by molar-refractivity contribution is 6.52. The minimum atomic E-state index is -2.15. The van der Waals surface area contributed by atoms with Crippen LogP contribution in [-0.4, -0.2) is 46.3 Å². The number of ketones is 3. The smallest absolute Gasteiger partial charge is 0.375 e. The maximum Gasteiger partial charge on any atom is 0.375 e. The van der Waals surface area contributed by atoms with E-state index in [1.807, 2.05) is 6.07 Å². The molecule has 1 amide bonds.